The number of aliphatic carboxylic acids is 1. The molecule has 1 N–H and O–H groups in total. The van der Waals surface area contributed by atoms with Crippen LogP contribution in [0.15, 0.2) is 10.5 Å². The van der Waals surface area contributed by atoms with E-state index in [2.05, 4.69) is 10.2 Å². The standard InChI is InChI=1S/C6H6N2O3/c1-4-7-8-5(11-4)2-3-6(9)10/h2-3H,1H3,(H,9,10)/b3-2+. The molecule has 0 unspecified atom stereocenters. The monoisotopic (exact) mass is 154 g/mol. The Morgan fingerprint density at radius 2 is 2.36 bits per heavy atom. The molecule has 0 aliphatic carbocycles. The van der Waals surface area contributed by atoms with Crippen molar-refractivity contribution in [3.8, 4) is 0 Å². The maximum absolute atomic E-state index is 10.0. The second-order valence-corrected chi connectivity index (χ2v) is 1.83. The zero-order chi connectivity index (χ0) is 8.27. The van der Waals surface area contributed by atoms with Crippen LogP contribution < -0.4 is 0 Å². The lowest BCUT2D eigenvalue weighted by atomic mass is 10.5. The van der Waals surface area contributed by atoms with Crippen molar-refractivity contribution in [3.05, 3.63) is 17.9 Å². The Bertz CT molecular complexity index is 290. The van der Waals surface area contributed by atoms with E-state index in [1.807, 2.05) is 0 Å². The smallest absolute Gasteiger partial charge is 0.328 e. The Hall–Kier alpha value is -1.65. The molecule has 0 aliphatic rings. The predicted molar refractivity (Wildman–Crippen MR) is 35.7 cm³/mol. The van der Waals surface area contributed by atoms with Crippen LogP contribution in [-0.4, -0.2) is 21.3 Å². The van der Waals surface area contributed by atoms with E-state index >= 15 is 0 Å². The molecule has 5 heteroatoms. The highest BCUT2D eigenvalue weighted by molar-refractivity contribution is 5.84. The fourth-order valence-electron chi connectivity index (χ4n) is 0.522. The first-order valence-electron chi connectivity index (χ1n) is 2.89. The molecule has 0 bridgehead atoms. The van der Waals surface area contributed by atoms with Gasteiger partial charge in [-0.15, -0.1) is 10.2 Å². The van der Waals surface area contributed by atoms with Crippen molar-refractivity contribution < 1.29 is 14.3 Å². The van der Waals surface area contributed by atoms with Gasteiger partial charge < -0.3 is 9.52 Å². The molecule has 0 saturated heterocycles. The number of carboxylic acid groups (broad SMARTS) is 1. The molecular weight excluding hydrogens is 148 g/mol. The van der Waals surface area contributed by atoms with Crippen LogP contribution in [0.5, 0.6) is 0 Å². The van der Waals surface area contributed by atoms with E-state index in [4.69, 9.17) is 9.52 Å². The van der Waals surface area contributed by atoms with Crippen molar-refractivity contribution in [2.45, 2.75) is 6.92 Å². The summed E-state index contributed by atoms with van der Waals surface area (Å²) in [4.78, 5) is 10.0. The number of rotatable bonds is 2. The third-order valence-electron chi connectivity index (χ3n) is 0.910. The highest BCUT2D eigenvalue weighted by atomic mass is 16.4. The summed E-state index contributed by atoms with van der Waals surface area (Å²) in [5.41, 5.74) is 0. The first kappa shape index (κ1) is 7.46. The van der Waals surface area contributed by atoms with Crippen LogP contribution >= 0.6 is 0 Å². The van der Waals surface area contributed by atoms with Gasteiger partial charge in [0.15, 0.2) is 0 Å². The van der Waals surface area contributed by atoms with E-state index in [1.54, 1.807) is 6.92 Å². The molecule has 1 aromatic heterocycles. The number of nitrogens with zero attached hydrogens (tertiary/aromatic N) is 2. The molecule has 0 aliphatic heterocycles. The average molecular weight is 154 g/mol. The largest absolute Gasteiger partial charge is 0.478 e. The molecule has 58 valence electrons. The van der Waals surface area contributed by atoms with Crippen molar-refractivity contribution >= 4 is 12.0 Å². The Balaban J connectivity index is 2.71. The summed E-state index contributed by atoms with van der Waals surface area (Å²) in [7, 11) is 0. The summed E-state index contributed by atoms with van der Waals surface area (Å²) >= 11 is 0. The zero-order valence-electron chi connectivity index (χ0n) is 5.81. The maximum Gasteiger partial charge on any atom is 0.328 e. The van der Waals surface area contributed by atoms with Crippen molar-refractivity contribution in [1.29, 1.82) is 0 Å². The highest BCUT2D eigenvalue weighted by Gasteiger charge is 1.96. The lowest BCUT2D eigenvalue weighted by Crippen LogP contribution is -1.85. The molecule has 5 nitrogen and oxygen atoms in total. The third-order valence-corrected chi connectivity index (χ3v) is 0.910. The molecule has 1 heterocycles. The van der Waals surface area contributed by atoms with E-state index in [9.17, 15) is 4.79 Å². The fourth-order valence-corrected chi connectivity index (χ4v) is 0.522. The summed E-state index contributed by atoms with van der Waals surface area (Å²) < 4.78 is 4.86. The maximum atomic E-state index is 10.0. The quantitative estimate of drug-likeness (QED) is 0.627. The summed E-state index contributed by atoms with van der Waals surface area (Å²) in [5, 5.41) is 15.3. The van der Waals surface area contributed by atoms with E-state index in [0.29, 0.717) is 5.89 Å². The topological polar surface area (TPSA) is 76.2 Å². The van der Waals surface area contributed by atoms with Crippen molar-refractivity contribution in [1.82, 2.24) is 10.2 Å². The normalized spacial score (nSPS) is 10.6. The molecule has 0 saturated carbocycles. The van der Waals surface area contributed by atoms with Gasteiger partial charge in [0.2, 0.25) is 11.8 Å². The van der Waals surface area contributed by atoms with Crippen LogP contribution in [0.3, 0.4) is 0 Å². The van der Waals surface area contributed by atoms with E-state index in [-0.39, 0.29) is 5.89 Å². The Morgan fingerprint density at radius 1 is 1.64 bits per heavy atom. The molecule has 11 heavy (non-hydrogen) atoms. The van der Waals surface area contributed by atoms with Gasteiger partial charge in [-0.3, -0.25) is 0 Å². The van der Waals surface area contributed by atoms with Crippen molar-refractivity contribution in [3.63, 3.8) is 0 Å². The summed E-state index contributed by atoms with van der Waals surface area (Å²) in [6.07, 6.45) is 2.18. The molecule has 1 rings (SSSR count). The van der Waals surface area contributed by atoms with Crippen LogP contribution in [0.2, 0.25) is 0 Å². The van der Waals surface area contributed by atoms with Gasteiger partial charge in [-0.2, -0.15) is 0 Å². The predicted octanol–water partition coefficient (Wildman–Crippen LogP) is 0.476. The molecule has 0 aromatic carbocycles. The van der Waals surface area contributed by atoms with Gasteiger partial charge in [-0.1, -0.05) is 0 Å². The van der Waals surface area contributed by atoms with Crippen LogP contribution in [0.4, 0.5) is 0 Å². The van der Waals surface area contributed by atoms with E-state index in [1.165, 1.54) is 6.08 Å². The minimum absolute atomic E-state index is 0.199. The van der Waals surface area contributed by atoms with Crippen LogP contribution in [0.25, 0.3) is 6.08 Å². The number of carbonyl (C=O) groups is 1. The molecule has 1 aromatic rings. The molecular formula is C6H6N2O3. The van der Waals surface area contributed by atoms with Gasteiger partial charge in [0.1, 0.15) is 0 Å². The fraction of sp³-hybridized carbons (Fsp3) is 0.167. The van der Waals surface area contributed by atoms with Gasteiger partial charge in [0.25, 0.3) is 0 Å². The average Bonchev–Trinajstić information content (AvgIpc) is 2.31. The van der Waals surface area contributed by atoms with Crippen LogP contribution in [0, 0.1) is 6.92 Å². The Kier molecular flexibility index (Phi) is 2.00. The lowest BCUT2D eigenvalue weighted by Gasteiger charge is -1.77. The summed E-state index contributed by atoms with van der Waals surface area (Å²) in [6.45, 7) is 1.63. The number of hydrogen-bond acceptors (Lipinski definition) is 4. The van der Waals surface area contributed by atoms with Gasteiger partial charge >= 0.3 is 5.97 Å². The number of hydrogen-bond donors (Lipinski definition) is 1. The van der Waals surface area contributed by atoms with Gasteiger partial charge in [0.05, 0.1) is 0 Å². The molecule has 0 spiro atoms. The minimum Gasteiger partial charge on any atom is -0.478 e. The van der Waals surface area contributed by atoms with E-state index in [0.717, 1.165) is 6.08 Å². The van der Waals surface area contributed by atoms with Gasteiger partial charge in [-0.05, 0) is 0 Å². The van der Waals surface area contributed by atoms with Crippen LogP contribution in [0.1, 0.15) is 11.8 Å². The zero-order valence-corrected chi connectivity index (χ0v) is 5.81. The molecule has 0 amide bonds. The first-order chi connectivity index (χ1) is 5.18. The minimum atomic E-state index is -1.04. The molecule has 0 atom stereocenters. The van der Waals surface area contributed by atoms with Crippen molar-refractivity contribution in [2.75, 3.05) is 0 Å². The lowest BCUT2D eigenvalue weighted by molar-refractivity contribution is -0.131. The summed E-state index contributed by atoms with van der Waals surface area (Å²) in [6, 6.07) is 0. The Morgan fingerprint density at radius 3 is 2.82 bits per heavy atom. The summed E-state index contributed by atoms with van der Waals surface area (Å²) in [5.74, 6) is -0.430. The number of carboxylic acids is 1. The van der Waals surface area contributed by atoms with Crippen molar-refractivity contribution in [2.24, 2.45) is 0 Å². The number of aromatic nitrogens is 2. The Labute approximate surface area is 62.4 Å². The van der Waals surface area contributed by atoms with E-state index < -0.39 is 5.97 Å². The van der Waals surface area contributed by atoms with Crippen LogP contribution in [-0.2, 0) is 4.79 Å². The SMILES string of the molecule is Cc1nnc(/C=C/C(=O)O)o1. The molecule has 0 fully saturated rings. The number of aryl methyl sites for hydroxylation is 1. The second kappa shape index (κ2) is 2.96. The first-order valence-corrected chi connectivity index (χ1v) is 2.89. The molecule has 0 radical (unpaired) electrons. The third kappa shape index (κ3) is 2.21. The van der Waals surface area contributed by atoms with Gasteiger partial charge in [0, 0.05) is 19.1 Å². The second-order valence-electron chi connectivity index (χ2n) is 1.83. The van der Waals surface area contributed by atoms with Gasteiger partial charge in [-0.25, -0.2) is 4.79 Å². The highest BCUT2D eigenvalue weighted by Crippen LogP contribution is 1.99.